The summed E-state index contributed by atoms with van der Waals surface area (Å²) in [5, 5.41) is 0. The van der Waals surface area contributed by atoms with E-state index in [-0.39, 0.29) is 6.04 Å². The van der Waals surface area contributed by atoms with Crippen LogP contribution in [0.3, 0.4) is 0 Å². The summed E-state index contributed by atoms with van der Waals surface area (Å²) in [7, 11) is 0. The van der Waals surface area contributed by atoms with E-state index < -0.39 is 5.79 Å². The standard InChI is InChI=1S/C8H22N4/c1-2-3-4-5-6-7(9)8(10,11)12/h7H,2-6,9-12H2,1H3. The summed E-state index contributed by atoms with van der Waals surface area (Å²) in [6, 6.07) is -0.297. The first-order chi connectivity index (χ1) is 5.48. The topological polar surface area (TPSA) is 104 Å². The first kappa shape index (κ1) is 11.8. The Kier molecular flexibility index (Phi) is 5.41. The highest BCUT2D eigenvalue weighted by Crippen LogP contribution is 2.06. The Bertz CT molecular complexity index is 108. The van der Waals surface area contributed by atoms with Gasteiger partial charge in [0.05, 0.1) is 0 Å². The highest BCUT2D eigenvalue weighted by atomic mass is 15.2. The van der Waals surface area contributed by atoms with E-state index >= 15 is 0 Å². The first-order valence-corrected chi connectivity index (χ1v) is 4.60. The molecule has 0 bridgehead atoms. The Balaban J connectivity index is 3.38. The van der Waals surface area contributed by atoms with Crippen molar-refractivity contribution in [3.63, 3.8) is 0 Å². The van der Waals surface area contributed by atoms with Gasteiger partial charge < -0.3 is 5.73 Å². The molecule has 4 nitrogen and oxygen atoms in total. The molecule has 4 heteroatoms. The molecule has 1 atom stereocenters. The van der Waals surface area contributed by atoms with E-state index in [1.165, 1.54) is 19.3 Å². The van der Waals surface area contributed by atoms with Gasteiger partial charge in [0.25, 0.3) is 0 Å². The second-order valence-corrected chi connectivity index (χ2v) is 3.46. The van der Waals surface area contributed by atoms with Crippen LogP contribution in [0.15, 0.2) is 0 Å². The van der Waals surface area contributed by atoms with E-state index in [4.69, 9.17) is 22.9 Å². The lowest BCUT2D eigenvalue weighted by atomic mass is 10.0. The molecule has 0 aromatic rings. The number of rotatable bonds is 6. The van der Waals surface area contributed by atoms with Crippen LogP contribution in [-0.4, -0.2) is 11.8 Å². The van der Waals surface area contributed by atoms with Crippen molar-refractivity contribution in [2.75, 3.05) is 0 Å². The maximum absolute atomic E-state index is 5.66. The molecule has 0 aliphatic rings. The van der Waals surface area contributed by atoms with Gasteiger partial charge >= 0.3 is 0 Å². The fourth-order valence-electron chi connectivity index (χ4n) is 1.04. The van der Waals surface area contributed by atoms with Gasteiger partial charge in [0.1, 0.15) is 5.79 Å². The van der Waals surface area contributed by atoms with E-state index in [0.717, 1.165) is 12.8 Å². The maximum atomic E-state index is 5.66. The van der Waals surface area contributed by atoms with Crippen molar-refractivity contribution in [1.29, 1.82) is 0 Å². The average Bonchev–Trinajstić information content (AvgIpc) is 1.96. The van der Waals surface area contributed by atoms with Crippen LogP contribution in [0.5, 0.6) is 0 Å². The minimum absolute atomic E-state index is 0.297. The molecule has 0 rings (SSSR count). The number of unbranched alkanes of at least 4 members (excludes halogenated alkanes) is 3. The van der Waals surface area contributed by atoms with E-state index in [0.29, 0.717) is 0 Å². The summed E-state index contributed by atoms with van der Waals surface area (Å²) in [6.07, 6.45) is 5.50. The van der Waals surface area contributed by atoms with Gasteiger partial charge in [-0.25, -0.2) is 0 Å². The summed E-state index contributed by atoms with van der Waals surface area (Å²) in [5.74, 6) is -1.22. The molecule has 0 spiro atoms. The van der Waals surface area contributed by atoms with Crippen LogP contribution in [0.2, 0.25) is 0 Å². The first-order valence-electron chi connectivity index (χ1n) is 4.60. The summed E-state index contributed by atoms with van der Waals surface area (Å²) < 4.78 is 0. The zero-order valence-corrected chi connectivity index (χ0v) is 7.92. The number of hydrogen-bond acceptors (Lipinski definition) is 4. The predicted octanol–water partition coefficient (Wildman–Crippen LogP) is -0.186. The van der Waals surface area contributed by atoms with Crippen molar-refractivity contribution in [2.24, 2.45) is 22.9 Å². The van der Waals surface area contributed by atoms with E-state index in [1.54, 1.807) is 0 Å². The van der Waals surface area contributed by atoms with Gasteiger partial charge in [-0.15, -0.1) is 0 Å². The predicted molar refractivity (Wildman–Crippen MR) is 52.0 cm³/mol. The average molecular weight is 174 g/mol. The Morgan fingerprint density at radius 2 is 1.67 bits per heavy atom. The van der Waals surface area contributed by atoms with Gasteiger partial charge in [-0.3, -0.25) is 17.2 Å². The molecule has 0 aromatic heterocycles. The Hall–Kier alpha value is -0.160. The number of nitrogens with two attached hydrogens (primary N) is 4. The Morgan fingerprint density at radius 1 is 1.08 bits per heavy atom. The highest BCUT2D eigenvalue weighted by molar-refractivity contribution is 4.81. The molecular formula is C8H22N4. The minimum atomic E-state index is -1.22. The molecule has 8 N–H and O–H groups in total. The van der Waals surface area contributed by atoms with Crippen molar-refractivity contribution in [3.8, 4) is 0 Å². The maximum Gasteiger partial charge on any atom is 0.131 e. The summed E-state index contributed by atoms with van der Waals surface area (Å²) in [6.45, 7) is 2.17. The second kappa shape index (κ2) is 5.48. The van der Waals surface area contributed by atoms with Crippen LogP contribution in [0.1, 0.15) is 39.0 Å². The third-order valence-electron chi connectivity index (χ3n) is 2.01. The molecule has 0 radical (unpaired) electrons. The van der Waals surface area contributed by atoms with Crippen molar-refractivity contribution < 1.29 is 0 Å². The van der Waals surface area contributed by atoms with Gasteiger partial charge in [-0.2, -0.15) is 0 Å². The highest BCUT2D eigenvalue weighted by Gasteiger charge is 2.21. The lowest BCUT2D eigenvalue weighted by Crippen LogP contribution is -2.68. The molecule has 0 heterocycles. The van der Waals surface area contributed by atoms with Crippen molar-refractivity contribution >= 4 is 0 Å². The van der Waals surface area contributed by atoms with Crippen LogP contribution in [0.4, 0.5) is 0 Å². The van der Waals surface area contributed by atoms with E-state index in [9.17, 15) is 0 Å². The van der Waals surface area contributed by atoms with Crippen molar-refractivity contribution in [2.45, 2.75) is 50.9 Å². The third-order valence-corrected chi connectivity index (χ3v) is 2.01. The molecule has 0 aliphatic heterocycles. The van der Waals surface area contributed by atoms with Crippen molar-refractivity contribution in [1.82, 2.24) is 0 Å². The van der Waals surface area contributed by atoms with Crippen LogP contribution in [-0.2, 0) is 0 Å². The molecule has 74 valence electrons. The lowest BCUT2D eigenvalue weighted by molar-refractivity contribution is 0.341. The van der Waals surface area contributed by atoms with Gasteiger partial charge in [-0.1, -0.05) is 32.6 Å². The summed E-state index contributed by atoms with van der Waals surface area (Å²) in [5.41, 5.74) is 21.9. The second-order valence-electron chi connectivity index (χ2n) is 3.46. The normalized spacial score (nSPS) is 14.8. The molecule has 0 saturated carbocycles. The third kappa shape index (κ3) is 5.49. The monoisotopic (exact) mass is 174 g/mol. The zero-order chi connectivity index (χ0) is 9.61. The van der Waals surface area contributed by atoms with E-state index in [2.05, 4.69) is 6.92 Å². The molecule has 12 heavy (non-hydrogen) atoms. The molecule has 0 aliphatic carbocycles. The lowest BCUT2D eigenvalue weighted by Gasteiger charge is -2.26. The van der Waals surface area contributed by atoms with Crippen LogP contribution >= 0.6 is 0 Å². The molecule has 0 aromatic carbocycles. The minimum Gasteiger partial charge on any atom is -0.324 e. The fourth-order valence-corrected chi connectivity index (χ4v) is 1.04. The molecule has 0 fully saturated rings. The molecule has 0 amide bonds. The van der Waals surface area contributed by atoms with Crippen molar-refractivity contribution in [3.05, 3.63) is 0 Å². The van der Waals surface area contributed by atoms with Crippen LogP contribution in [0, 0.1) is 0 Å². The van der Waals surface area contributed by atoms with E-state index in [1.807, 2.05) is 0 Å². The largest absolute Gasteiger partial charge is 0.324 e. The van der Waals surface area contributed by atoms with Crippen LogP contribution < -0.4 is 22.9 Å². The van der Waals surface area contributed by atoms with Crippen LogP contribution in [0.25, 0.3) is 0 Å². The molecular weight excluding hydrogens is 152 g/mol. The Morgan fingerprint density at radius 3 is 2.08 bits per heavy atom. The fraction of sp³-hybridized carbons (Fsp3) is 1.00. The number of hydrogen-bond donors (Lipinski definition) is 4. The SMILES string of the molecule is CCCCCCC(N)C(N)(N)N. The zero-order valence-electron chi connectivity index (χ0n) is 7.92. The summed E-state index contributed by atoms with van der Waals surface area (Å²) >= 11 is 0. The molecule has 1 unspecified atom stereocenters. The summed E-state index contributed by atoms with van der Waals surface area (Å²) in [4.78, 5) is 0. The van der Waals surface area contributed by atoms with Gasteiger partial charge in [0.2, 0.25) is 0 Å². The Labute approximate surface area is 74.7 Å². The smallest absolute Gasteiger partial charge is 0.131 e. The molecule has 0 saturated heterocycles. The van der Waals surface area contributed by atoms with Gasteiger partial charge in [0.15, 0.2) is 0 Å². The quantitative estimate of drug-likeness (QED) is 0.331. The van der Waals surface area contributed by atoms with Gasteiger partial charge in [-0.05, 0) is 6.42 Å². The van der Waals surface area contributed by atoms with Gasteiger partial charge in [0, 0.05) is 6.04 Å².